The van der Waals surface area contributed by atoms with Crippen molar-refractivity contribution in [1.82, 2.24) is 9.78 Å². The third-order valence-electron chi connectivity index (χ3n) is 2.97. The summed E-state index contributed by atoms with van der Waals surface area (Å²) < 4.78 is 6.42. The number of carboxylic acid groups (broad SMARTS) is 1. The maximum Gasteiger partial charge on any atom is 0.320 e. The Balaban J connectivity index is 2.14. The van der Waals surface area contributed by atoms with Gasteiger partial charge in [-0.3, -0.25) is 9.59 Å². The molecule has 0 saturated heterocycles. The van der Waals surface area contributed by atoms with E-state index in [1.165, 1.54) is 0 Å². The number of hydrogen-bond donors (Lipinski definition) is 1. The zero-order chi connectivity index (χ0) is 15.2. The highest BCUT2D eigenvalue weighted by Crippen LogP contribution is 2.13. The van der Waals surface area contributed by atoms with Crippen LogP contribution in [0.5, 0.6) is 0 Å². The normalized spacial score (nSPS) is 11.9. The van der Waals surface area contributed by atoms with Crippen molar-refractivity contribution in [2.24, 2.45) is 5.92 Å². The number of carboxylic acids is 1. The van der Waals surface area contributed by atoms with E-state index in [4.69, 9.17) is 9.84 Å². The molecule has 6 nitrogen and oxygen atoms in total. The van der Waals surface area contributed by atoms with Crippen LogP contribution in [0.3, 0.4) is 0 Å². The van der Waals surface area contributed by atoms with Crippen molar-refractivity contribution in [1.29, 1.82) is 0 Å². The van der Waals surface area contributed by atoms with Crippen LogP contribution < -0.4 is 0 Å². The molecule has 2 rings (SSSR count). The molecule has 110 valence electrons. The lowest BCUT2D eigenvalue weighted by atomic mass is 10.0. The van der Waals surface area contributed by atoms with Crippen LogP contribution in [-0.2, 0) is 20.7 Å². The predicted molar refractivity (Wildman–Crippen MR) is 75.0 cm³/mol. The molecule has 0 radical (unpaired) electrons. The first-order valence-electron chi connectivity index (χ1n) is 6.60. The fraction of sp³-hybridized carbons (Fsp3) is 0.267. The Morgan fingerprint density at radius 2 is 2.05 bits per heavy atom. The van der Waals surface area contributed by atoms with E-state index in [-0.39, 0.29) is 13.0 Å². The Kier molecular flexibility index (Phi) is 4.71. The van der Waals surface area contributed by atoms with Crippen LogP contribution in [0.2, 0.25) is 0 Å². The number of nitrogens with zero attached hydrogens (tertiary/aromatic N) is 2. The molecule has 1 aromatic heterocycles. The smallest absolute Gasteiger partial charge is 0.320 e. The van der Waals surface area contributed by atoms with E-state index in [0.29, 0.717) is 5.56 Å². The summed E-state index contributed by atoms with van der Waals surface area (Å²) in [5.41, 5.74) is 1.53. The van der Waals surface area contributed by atoms with E-state index in [1.807, 2.05) is 30.3 Å². The number of hydrogen-bond acceptors (Lipinski definition) is 4. The highest BCUT2D eigenvalue weighted by molar-refractivity contribution is 5.94. The monoisotopic (exact) mass is 288 g/mol. The highest BCUT2D eigenvalue weighted by atomic mass is 16.5. The second-order valence-electron chi connectivity index (χ2n) is 4.48. The van der Waals surface area contributed by atoms with Crippen molar-refractivity contribution < 1.29 is 19.4 Å². The van der Waals surface area contributed by atoms with E-state index in [9.17, 15) is 9.59 Å². The van der Waals surface area contributed by atoms with Crippen molar-refractivity contribution in [3.05, 3.63) is 48.3 Å². The molecule has 0 spiro atoms. The van der Waals surface area contributed by atoms with E-state index < -0.39 is 17.9 Å². The van der Waals surface area contributed by atoms with E-state index >= 15 is 0 Å². The molecule has 6 heteroatoms. The summed E-state index contributed by atoms with van der Waals surface area (Å²) in [6.45, 7) is 1.80. The maximum atomic E-state index is 11.6. The quantitative estimate of drug-likeness (QED) is 0.646. The number of carbonyl (C=O) groups excluding carboxylic acids is 1. The molecule has 2 aromatic rings. The van der Waals surface area contributed by atoms with E-state index in [2.05, 4.69) is 5.10 Å². The van der Waals surface area contributed by atoms with Gasteiger partial charge < -0.3 is 9.84 Å². The van der Waals surface area contributed by atoms with Gasteiger partial charge in [-0.1, -0.05) is 18.2 Å². The first kappa shape index (κ1) is 14.8. The third-order valence-corrected chi connectivity index (χ3v) is 2.97. The third kappa shape index (κ3) is 3.68. The van der Waals surface area contributed by atoms with Crippen LogP contribution in [0.4, 0.5) is 0 Å². The second kappa shape index (κ2) is 6.69. The fourth-order valence-electron chi connectivity index (χ4n) is 1.94. The summed E-state index contributed by atoms with van der Waals surface area (Å²) >= 11 is 0. The van der Waals surface area contributed by atoms with E-state index in [0.717, 1.165) is 5.69 Å². The van der Waals surface area contributed by atoms with Gasteiger partial charge in [0, 0.05) is 6.20 Å². The molecule has 0 aliphatic rings. The van der Waals surface area contributed by atoms with Gasteiger partial charge in [0.2, 0.25) is 0 Å². The van der Waals surface area contributed by atoms with Crippen molar-refractivity contribution in [2.75, 3.05) is 6.61 Å². The summed E-state index contributed by atoms with van der Waals surface area (Å²) in [7, 11) is 0. The molecular weight excluding hydrogens is 272 g/mol. The SMILES string of the molecule is CCOC(=O)C(Cc1cnn(-c2ccccc2)c1)C(=O)O. The van der Waals surface area contributed by atoms with Crippen LogP contribution in [0.1, 0.15) is 12.5 Å². The number of benzene rings is 1. The minimum atomic E-state index is -1.21. The molecule has 1 unspecified atom stereocenters. The van der Waals surface area contributed by atoms with Crippen molar-refractivity contribution >= 4 is 11.9 Å². The molecule has 0 amide bonds. The predicted octanol–water partition coefficient (Wildman–Crippen LogP) is 1.68. The highest BCUT2D eigenvalue weighted by Gasteiger charge is 2.28. The van der Waals surface area contributed by atoms with Crippen LogP contribution in [0.25, 0.3) is 5.69 Å². The van der Waals surface area contributed by atoms with Gasteiger partial charge in [-0.15, -0.1) is 0 Å². The first-order chi connectivity index (χ1) is 10.1. The molecule has 1 aromatic carbocycles. The number of esters is 1. The number of ether oxygens (including phenoxy) is 1. The first-order valence-corrected chi connectivity index (χ1v) is 6.60. The summed E-state index contributed by atoms with van der Waals surface area (Å²) in [6, 6.07) is 9.44. The van der Waals surface area contributed by atoms with Crippen LogP contribution in [0, 0.1) is 5.92 Å². The lowest BCUT2D eigenvalue weighted by Crippen LogP contribution is -2.27. The Morgan fingerprint density at radius 3 is 2.67 bits per heavy atom. The molecule has 0 aliphatic heterocycles. The molecule has 21 heavy (non-hydrogen) atoms. The maximum absolute atomic E-state index is 11.6. The molecule has 1 N–H and O–H groups in total. The largest absolute Gasteiger partial charge is 0.481 e. The average Bonchev–Trinajstić information content (AvgIpc) is 2.94. The summed E-state index contributed by atoms with van der Waals surface area (Å²) in [5.74, 6) is -3.13. The zero-order valence-electron chi connectivity index (χ0n) is 11.6. The number of para-hydroxylation sites is 1. The molecule has 1 atom stereocenters. The van der Waals surface area contributed by atoms with Gasteiger partial charge in [0.15, 0.2) is 5.92 Å². The van der Waals surface area contributed by atoms with Gasteiger partial charge in [0.1, 0.15) is 0 Å². The van der Waals surface area contributed by atoms with Gasteiger partial charge in [0.25, 0.3) is 0 Å². The molecule has 0 fully saturated rings. The Hall–Kier alpha value is -2.63. The lowest BCUT2D eigenvalue weighted by molar-refractivity contribution is -0.158. The van der Waals surface area contributed by atoms with Gasteiger partial charge in [-0.25, -0.2) is 4.68 Å². The van der Waals surface area contributed by atoms with Gasteiger partial charge in [0.05, 0.1) is 18.5 Å². The van der Waals surface area contributed by atoms with Crippen molar-refractivity contribution in [2.45, 2.75) is 13.3 Å². The standard InChI is InChI=1S/C15H16N2O4/c1-2-21-15(20)13(14(18)19)8-11-9-16-17(10-11)12-6-4-3-5-7-12/h3-7,9-10,13H,2,8H2,1H3,(H,18,19). The van der Waals surface area contributed by atoms with Gasteiger partial charge >= 0.3 is 11.9 Å². The van der Waals surface area contributed by atoms with Crippen molar-refractivity contribution in [3.63, 3.8) is 0 Å². The van der Waals surface area contributed by atoms with Gasteiger partial charge in [-0.2, -0.15) is 5.10 Å². The van der Waals surface area contributed by atoms with Gasteiger partial charge in [-0.05, 0) is 31.0 Å². The Morgan fingerprint density at radius 1 is 1.33 bits per heavy atom. The molecule has 0 saturated carbocycles. The summed E-state index contributed by atoms with van der Waals surface area (Å²) in [5, 5.41) is 13.3. The number of carbonyl (C=O) groups is 2. The molecular formula is C15H16N2O4. The average molecular weight is 288 g/mol. The number of aliphatic carboxylic acids is 1. The molecule has 0 aliphatic carbocycles. The fourth-order valence-corrected chi connectivity index (χ4v) is 1.94. The topological polar surface area (TPSA) is 81.4 Å². The van der Waals surface area contributed by atoms with Crippen LogP contribution >= 0.6 is 0 Å². The minimum Gasteiger partial charge on any atom is -0.481 e. The Labute approximate surface area is 122 Å². The summed E-state index contributed by atoms with van der Waals surface area (Å²) in [6.07, 6.45) is 3.33. The second-order valence-corrected chi connectivity index (χ2v) is 4.48. The van der Waals surface area contributed by atoms with Crippen molar-refractivity contribution in [3.8, 4) is 5.69 Å². The lowest BCUT2D eigenvalue weighted by Gasteiger charge is -2.09. The zero-order valence-corrected chi connectivity index (χ0v) is 11.6. The Bertz CT molecular complexity index is 622. The molecule has 0 bridgehead atoms. The molecule has 1 heterocycles. The number of rotatable bonds is 6. The number of aromatic nitrogens is 2. The summed E-state index contributed by atoms with van der Waals surface area (Å²) in [4.78, 5) is 22.8. The van der Waals surface area contributed by atoms with Crippen LogP contribution in [-0.4, -0.2) is 33.4 Å². The van der Waals surface area contributed by atoms with Crippen LogP contribution in [0.15, 0.2) is 42.7 Å². The van der Waals surface area contributed by atoms with E-state index in [1.54, 1.807) is 24.0 Å². The minimum absolute atomic E-state index is 0.0565.